The predicted molar refractivity (Wildman–Crippen MR) is 129 cm³/mol. The number of aliphatic imine (C=N–C) groups is 1. The third-order valence-corrected chi connectivity index (χ3v) is 6.57. The zero-order chi connectivity index (χ0) is 23.8. The van der Waals surface area contributed by atoms with Crippen molar-refractivity contribution in [3.63, 3.8) is 0 Å². The lowest BCUT2D eigenvalue weighted by molar-refractivity contribution is 0.218. The van der Waals surface area contributed by atoms with Crippen LogP contribution in [-0.4, -0.2) is 46.1 Å². The van der Waals surface area contributed by atoms with E-state index in [0.29, 0.717) is 23.4 Å². The van der Waals surface area contributed by atoms with Crippen LogP contribution in [0.3, 0.4) is 0 Å². The molecule has 2 aliphatic rings. The van der Waals surface area contributed by atoms with Crippen LogP contribution in [0.5, 0.6) is 0 Å². The van der Waals surface area contributed by atoms with Gasteiger partial charge in [-0.1, -0.05) is 26.3 Å². The summed E-state index contributed by atoms with van der Waals surface area (Å²) in [7, 11) is 0. The molecule has 1 aliphatic heterocycles. The number of halogens is 1. The van der Waals surface area contributed by atoms with E-state index in [1.807, 2.05) is 11.5 Å². The molecule has 0 saturated heterocycles. The predicted octanol–water partition coefficient (Wildman–Crippen LogP) is 3.98. The van der Waals surface area contributed by atoms with Crippen LogP contribution in [0.1, 0.15) is 56.7 Å². The summed E-state index contributed by atoms with van der Waals surface area (Å²) in [6.07, 6.45) is 11.5. The van der Waals surface area contributed by atoms with E-state index in [-0.39, 0.29) is 6.04 Å². The number of nitrogens with two attached hydrogens (primary N) is 1. The first-order chi connectivity index (χ1) is 16.5. The van der Waals surface area contributed by atoms with Gasteiger partial charge in [0, 0.05) is 24.6 Å². The van der Waals surface area contributed by atoms with Gasteiger partial charge in [-0.2, -0.15) is 0 Å². The van der Waals surface area contributed by atoms with Crippen LogP contribution in [0.15, 0.2) is 48.5 Å². The quantitative estimate of drug-likeness (QED) is 0.617. The standard InChI is InChI=1S/C24H28FN9/c1-4-20-24-31-30-16(3)33(24)21(13-26)23(34(20)18-7-5-6-8-18)29-15(2)32-12-11-27-22(32)19-10-9-17(25)14-28-19/h9-14,18,20H,2,4-8,26H2,1,3H3/b21-13+,29-23?/t20-/m1/s1. The summed E-state index contributed by atoms with van der Waals surface area (Å²) in [6.45, 7) is 8.31. The molecule has 2 N–H and O–H groups in total. The molecule has 0 amide bonds. The number of rotatable bonds is 5. The van der Waals surface area contributed by atoms with Gasteiger partial charge in [-0.05, 0) is 38.3 Å². The van der Waals surface area contributed by atoms with Crippen LogP contribution < -0.4 is 5.73 Å². The van der Waals surface area contributed by atoms with Gasteiger partial charge in [-0.25, -0.2) is 19.4 Å². The van der Waals surface area contributed by atoms with Gasteiger partial charge in [-0.15, -0.1) is 10.2 Å². The Morgan fingerprint density at radius 2 is 2.06 bits per heavy atom. The molecule has 1 atom stereocenters. The van der Waals surface area contributed by atoms with E-state index < -0.39 is 5.82 Å². The fourth-order valence-electron chi connectivity index (χ4n) is 5.04. The molecule has 1 fully saturated rings. The molecule has 0 unspecified atom stereocenters. The maximum atomic E-state index is 13.4. The van der Waals surface area contributed by atoms with Crippen molar-refractivity contribution in [1.29, 1.82) is 0 Å². The molecule has 1 saturated carbocycles. The monoisotopic (exact) mass is 461 g/mol. The first-order valence-corrected chi connectivity index (χ1v) is 11.6. The van der Waals surface area contributed by atoms with Crippen molar-refractivity contribution >= 4 is 17.4 Å². The van der Waals surface area contributed by atoms with Crippen molar-refractivity contribution in [2.24, 2.45) is 10.7 Å². The molecule has 0 radical (unpaired) electrons. The van der Waals surface area contributed by atoms with Crippen molar-refractivity contribution in [2.75, 3.05) is 0 Å². The molecule has 5 rings (SSSR count). The van der Waals surface area contributed by atoms with Gasteiger partial charge in [0.15, 0.2) is 17.5 Å². The second-order valence-electron chi connectivity index (χ2n) is 8.60. The van der Waals surface area contributed by atoms with Crippen LogP contribution >= 0.6 is 0 Å². The fraction of sp³-hybridized carbons (Fsp3) is 0.375. The maximum Gasteiger partial charge on any atom is 0.164 e. The Kier molecular flexibility index (Phi) is 5.72. The lowest BCUT2D eigenvalue weighted by atomic mass is 10.0. The lowest BCUT2D eigenvalue weighted by Crippen LogP contribution is -2.47. The zero-order valence-corrected chi connectivity index (χ0v) is 19.4. The Labute approximate surface area is 197 Å². The number of amidine groups is 1. The summed E-state index contributed by atoms with van der Waals surface area (Å²) >= 11 is 0. The van der Waals surface area contributed by atoms with Crippen molar-refractivity contribution < 1.29 is 4.39 Å². The van der Waals surface area contributed by atoms with Gasteiger partial charge in [0.25, 0.3) is 0 Å². The highest BCUT2D eigenvalue weighted by molar-refractivity contribution is 6.19. The SMILES string of the molecule is C=C(N=C1/C(=C\N)n2c(C)nnc2[C@@H](CC)N1C1CCCC1)n1ccnc1-c1ccc(F)cn1. The van der Waals surface area contributed by atoms with E-state index >= 15 is 0 Å². The van der Waals surface area contributed by atoms with Crippen molar-refractivity contribution in [3.05, 3.63) is 61.0 Å². The van der Waals surface area contributed by atoms with Crippen molar-refractivity contribution in [3.8, 4) is 11.5 Å². The first kappa shape index (κ1) is 22.0. The molecule has 10 heteroatoms. The van der Waals surface area contributed by atoms with Gasteiger partial charge in [0.05, 0.1) is 12.2 Å². The number of aromatic nitrogens is 6. The number of nitrogens with zero attached hydrogens (tertiary/aromatic N) is 8. The Morgan fingerprint density at radius 3 is 2.74 bits per heavy atom. The van der Waals surface area contributed by atoms with Gasteiger partial charge >= 0.3 is 0 Å². The average molecular weight is 462 g/mol. The molecule has 34 heavy (non-hydrogen) atoms. The molecule has 4 heterocycles. The Balaban J connectivity index is 1.63. The maximum absolute atomic E-state index is 13.4. The highest BCUT2D eigenvalue weighted by Crippen LogP contribution is 2.39. The topological polar surface area (TPSA) is 103 Å². The largest absolute Gasteiger partial charge is 0.403 e. The molecule has 9 nitrogen and oxygen atoms in total. The minimum Gasteiger partial charge on any atom is -0.403 e. The van der Waals surface area contributed by atoms with Gasteiger partial charge < -0.3 is 10.6 Å². The van der Waals surface area contributed by atoms with Crippen LogP contribution in [0.25, 0.3) is 23.0 Å². The zero-order valence-electron chi connectivity index (χ0n) is 19.4. The number of pyridine rings is 1. The lowest BCUT2D eigenvalue weighted by Gasteiger charge is -2.42. The molecular weight excluding hydrogens is 433 g/mol. The van der Waals surface area contributed by atoms with Gasteiger partial charge in [0.1, 0.15) is 28.9 Å². The first-order valence-electron chi connectivity index (χ1n) is 11.6. The summed E-state index contributed by atoms with van der Waals surface area (Å²) in [4.78, 5) is 16.0. The Hall–Kier alpha value is -3.82. The third kappa shape index (κ3) is 3.59. The van der Waals surface area contributed by atoms with E-state index in [9.17, 15) is 4.39 Å². The smallest absolute Gasteiger partial charge is 0.164 e. The Bertz CT molecular complexity index is 1260. The number of fused-ring (bicyclic) bond motifs is 1. The molecule has 3 aromatic rings. The number of aryl methyl sites for hydroxylation is 1. The number of imidazole rings is 1. The fourth-order valence-corrected chi connectivity index (χ4v) is 5.04. The highest BCUT2D eigenvalue weighted by atomic mass is 19.1. The molecule has 0 bridgehead atoms. The van der Waals surface area contributed by atoms with Gasteiger partial charge in [-0.3, -0.25) is 9.13 Å². The number of hydrogen-bond acceptors (Lipinski definition) is 6. The second-order valence-corrected chi connectivity index (χ2v) is 8.60. The summed E-state index contributed by atoms with van der Waals surface area (Å²) < 4.78 is 17.1. The van der Waals surface area contributed by atoms with Crippen LogP contribution in [0, 0.1) is 12.7 Å². The van der Waals surface area contributed by atoms with E-state index in [1.54, 1.807) is 29.2 Å². The summed E-state index contributed by atoms with van der Waals surface area (Å²) in [5, 5.41) is 8.83. The Morgan fingerprint density at radius 1 is 1.26 bits per heavy atom. The van der Waals surface area contributed by atoms with Crippen LogP contribution in [0.2, 0.25) is 0 Å². The van der Waals surface area contributed by atoms with Gasteiger partial charge in [0.2, 0.25) is 0 Å². The molecule has 0 spiro atoms. The summed E-state index contributed by atoms with van der Waals surface area (Å²) in [6, 6.07) is 3.31. The molecule has 0 aromatic carbocycles. The van der Waals surface area contributed by atoms with E-state index in [2.05, 4.69) is 38.6 Å². The molecular formula is C24H28FN9. The normalized spacial score (nSPS) is 20.9. The average Bonchev–Trinajstić information content (AvgIpc) is 3.60. The van der Waals surface area contributed by atoms with Crippen LogP contribution in [0.4, 0.5) is 4.39 Å². The van der Waals surface area contributed by atoms with Crippen LogP contribution in [-0.2, 0) is 0 Å². The minimum absolute atomic E-state index is 0.0283. The molecule has 1 aliphatic carbocycles. The summed E-state index contributed by atoms with van der Waals surface area (Å²) in [5.74, 6) is 2.97. The molecule has 3 aromatic heterocycles. The van der Waals surface area contributed by atoms with E-state index in [1.165, 1.54) is 25.1 Å². The highest BCUT2D eigenvalue weighted by Gasteiger charge is 2.41. The van der Waals surface area contributed by atoms with E-state index in [0.717, 1.165) is 42.4 Å². The summed E-state index contributed by atoms with van der Waals surface area (Å²) in [5.41, 5.74) is 7.44. The molecule has 176 valence electrons. The van der Waals surface area contributed by atoms with E-state index in [4.69, 9.17) is 10.7 Å². The van der Waals surface area contributed by atoms with Crippen molar-refractivity contribution in [2.45, 2.75) is 58.0 Å². The number of hydrogen-bond donors (Lipinski definition) is 1. The third-order valence-electron chi connectivity index (χ3n) is 6.57. The minimum atomic E-state index is -0.404. The second kappa shape index (κ2) is 8.85. The van der Waals surface area contributed by atoms with Crippen molar-refractivity contribution in [1.82, 2.24) is 34.2 Å².